The summed E-state index contributed by atoms with van der Waals surface area (Å²) in [6.07, 6.45) is 3.44. The van der Waals surface area contributed by atoms with E-state index in [1.54, 1.807) is 44.2 Å². The van der Waals surface area contributed by atoms with Crippen molar-refractivity contribution in [3.05, 3.63) is 84.7 Å². The molecule has 0 saturated heterocycles. The second-order valence-electron chi connectivity index (χ2n) is 8.45. The first-order valence-electron chi connectivity index (χ1n) is 11.3. The van der Waals surface area contributed by atoms with Crippen molar-refractivity contribution in [2.45, 2.75) is 13.0 Å². The number of anilines is 2. The van der Waals surface area contributed by atoms with E-state index in [0.717, 1.165) is 22.4 Å². The van der Waals surface area contributed by atoms with Crippen LogP contribution in [0.2, 0.25) is 0 Å². The minimum atomic E-state index is -0.609. The Labute approximate surface area is 204 Å². The van der Waals surface area contributed by atoms with Crippen molar-refractivity contribution in [3.8, 4) is 22.4 Å². The molecule has 1 unspecified atom stereocenters. The normalized spacial score (nSPS) is 11.5. The lowest BCUT2D eigenvalue weighted by Crippen LogP contribution is -2.33. The molecule has 4 rings (SSSR count). The Morgan fingerprint density at radius 2 is 1.69 bits per heavy atom. The molecule has 0 aliphatic heterocycles. The van der Waals surface area contributed by atoms with E-state index >= 15 is 0 Å². The van der Waals surface area contributed by atoms with Crippen LogP contribution in [0.25, 0.3) is 22.4 Å². The molecule has 0 spiro atoms. The first kappa shape index (κ1) is 23.7. The lowest BCUT2D eigenvalue weighted by Gasteiger charge is -2.20. The van der Waals surface area contributed by atoms with Crippen molar-refractivity contribution >= 4 is 23.3 Å². The molecule has 0 radical (unpaired) electrons. The zero-order chi connectivity index (χ0) is 24.9. The zero-order valence-corrected chi connectivity index (χ0v) is 20.2. The molecule has 0 saturated carbocycles. The maximum atomic E-state index is 12.9. The fourth-order valence-electron chi connectivity index (χ4n) is 3.71. The predicted octanol–water partition coefficient (Wildman–Crippen LogP) is 4.29. The summed E-state index contributed by atoms with van der Waals surface area (Å²) in [7, 11) is 5.25. The van der Waals surface area contributed by atoms with Crippen LogP contribution >= 0.6 is 0 Å². The highest BCUT2D eigenvalue weighted by Gasteiger charge is 2.20. The van der Waals surface area contributed by atoms with E-state index in [1.807, 2.05) is 67.7 Å². The molecule has 0 bridgehead atoms. The van der Waals surface area contributed by atoms with Crippen LogP contribution in [0, 0.1) is 0 Å². The number of pyridine rings is 1. The summed E-state index contributed by atoms with van der Waals surface area (Å²) in [4.78, 5) is 31.7. The summed E-state index contributed by atoms with van der Waals surface area (Å²) in [6, 6.07) is 20.4. The van der Waals surface area contributed by atoms with Crippen molar-refractivity contribution in [1.29, 1.82) is 0 Å². The van der Waals surface area contributed by atoms with Crippen molar-refractivity contribution in [2.75, 3.05) is 24.7 Å². The standard InChI is InChI=1S/C27H28N6O2/c1-18(26(34)31-25-13-11-21(17-28-25)19-8-6-5-7-9-19)30-23-12-10-20(24-14-15-29-33(24)4)16-22(23)27(35)32(2)3/h5-18,30H,1-4H3,(H,28,31,34). The van der Waals surface area contributed by atoms with Crippen molar-refractivity contribution in [1.82, 2.24) is 19.7 Å². The van der Waals surface area contributed by atoms with E-state index in [1.165, 1.54) is 4.90 Å². The molecule has 0 aliphatic carbocycles. The van der Waals surface area contributed by atoms with Gasteiger partial charge in [-0.05, 0) is 42.8 Å². The SMILES string of the molecule is CC(Nc1ccc(-c2ccnn2C)cc1C(=O)N(C)C)C(=O)Nc1ccc(-c2ccccc2)cn1. The van der Waals surface area contributed by atoms with Crippen LogP contribution in [0.15, 0.2) is 79.1 Å². The molecule has 2 amide bonds. The third kappa shape index (κ3) is 5.38. The number of nitrogens with one attached hydrogen (secondary N) is 2. The van der Waals surface area contributed by atoms with Gasteiger partial charge in [0.25, 0.3) is 5.91 Å². The number of benzene rings is 2. The maximum absolute atomic E-state index is 12.9. The van der Waals surface area contributed by atoms with Crippen molar-refractivity contribution in [2.24, 2.45) is 7.05 Å². The van der Waals surface area contributed by atoms with Crippen LogP contribution in [-0.2, 0) is 11.8 Å². The van der Waals surface area contributed by atoms with Gasteiger partial charge in [0.2, 0.25) is 5.91 Å². The Morgan fingerprint density at radius 1 is 0.943 bits per heavy atom. The van der Waals surface area contributed by atoms with Gasteiger partial charge in [0, 0.05) is 50.4 Å². The van der Waals surface area contributed by atoms with Gasteiger partial charge in [0.15, 0.2) is 0 Å². The number of hydrogen-bond donors (Lipinski definition) is 2. The Hall–Kier alpha value is -4.46. The topological polar surface area (TPSA) is 92.2 Å². The first-order valence-corrected chi connectivity index (χ1v) is 11.3. The van der Waals surface area contributed by atoms with E-state index in [2.05, 4.69) is 20.7 Å². The molecule has 0 aliphatic rings. The van der Waals surface area contributed by atoms with Crippen LogP contribution in [-0.4, -0.2) is 51.6 Å². The molecule has 8 heteroatoms. The highest BCUT2D eigenvalue weighted by molar-refractivity contribution is 6.02. The molecule has 2 aromatic heterocycles. The second-order valence-corrected chi connectivity index (χ2v) is 8.45. The number of aryl methyl sites for hydroxylation is 1. The molecular weight excluding hydrogens is 440 g/mol. The van der Waals surface area contributed by atoms with Crippen molar-refractivity contribution < 1.29 is 9.59 Å². The Kier molecular flexibility index (Phi) is 6.91. The largest absolute Gasteiger partial charge is 0.373 e. The van der Waals surface area contributed by atoms with E-state index in [4.69, 9.17) is 0 Å². The van der Waals surface area contributed by atoms with Gasteiger partial charge in [-0.2, -0.15) is 5.10 Å². The van der Waals surface area contributed by atoms with Gasteiger partial charge in [-0.25, -0.2) is 4.98 Å². The molecule has 1 atom stereocenters. The molecule has 178 valence electrons. The molecule has 35 heavy (non-hydrogen) atoms. The number of aromatic nitrogens is 3. The summed E-state index contributed by atoms with van der Waals surface area (Å²) in [5.41, 5.74) is 4.82. The molecule has 4 aromatic rings. The molecule has 2 N–H and O–H groups in total. The Morgan fingerprint density at radius 3 is 2.31 bits per heavy atom. The van der Waals surface area contributed by atoms with Crippen LogP contribution in [0.1, 0.15) is 17.3 Å². The lowest BCUT2D eigenvalue weighted by molar-refractivity contribution is -0.116. The Balaban J connectivity index is 1.50. The first-order chi connectivity index (χ1) is 16.8. The summed E-state index contributed by atoms with van der Waals surface area (Å²) >= 11 is 0. The Bertz CT molecular complexity index is 1330. The smallest absolute Gasteiger partial charge is 0.255 e. The summed E-state index contributed by atoms with van der Waals surface area (Å²) in [5.74, 6) is 0.0331. The van der Waals surface area contributed by atoms with E-state index in [0.29, 0.717) is 17.1 Å². The van der Waals surface area contributed by atoms with Crippen LogP contribution < -0.4 is 10.6 Å². The summed E-state index contributed by atoms with van der Waals surface area (Å²) in [6.45, 7) is 1.74. The van der Waals surface area contributed by atoms with E-state index < -0.39 is 6.04 Å². The van der Waals surface area contributed by atoms with Gasteiger partial charge in [-0.3, -0.25) is 14.3 Å². The number of nitrogens with zero attached hydrogens (tertiary/aromatic N) is 4. The van der Waals surface area contributed by atoms with Crippen molar-refractivity contribution in [3.63, 3.8) is 0 Å². The number of amides is 2. The van der Waals surface area contributed by atoms with Gasteiger partial charge in [0.1, 0.15) is 11.9 Å². The van der Waals surface area contributed by atoms with Crippen LogP contribution in [0.4, 0.5) is 11.5 Å². The van der Waals surface area contributed by atoms with Gasteiger partial charge >= 0.3 is 0 Å². The monoisotopic (exact) mass is 468 g/mol. The fourth-order valence-corrected chi connectivity index (χ4v) is 3.71. The minimum Gasteiger partial charge on any atom is -0.373 e. The third-order valence-corrected chi connectivity index (χ3v) is 5.66. The zero-order valence-electron chi connectivity index (χ0n) is 20.2. The number of hydrogen-bond acceptors (Lipinski definition) is 5. The summed E-state index contributed by atoms with van der Waals surface area (Å²) in [5, 5.41) is 10.2. The lowest BCUT2D eigenvalue weighted by atomic mass is 10.0. The third-order valence-electron chi connectivity index (χ3n) is 5.66. The van der Waals surface area contributed by atoms with Crippen LogP contribution in [0.3, 0.4) is 0 Å². The maximum Gasteiger partial charge on any atom is 0.255 e. The van der Waals surface area contributed by atoms with Gasteiger partial charge in [0.05, 0.1) is 11.3 Å². The van der Waals surface area contributed by atoms with E-state index in [-0.39, 0.29) is 11.8 Å². The van der Waals surface area contributed by atoms with Gasteiger partial charge in [-0.1, -0.05) is 36.4 Å². The fraction of sp³-hybridized carbons (Fsp3) is 0.185. The van der Waals surface area contributed by atoms with E-state index in [9.17, 15) is 9.59 Å². The average molecular weight is 469 g/mol. The quantitative estimate of drug-likeness (QED) is 0.422. The molecule has 2 aromatic carbocycles. The number of carbonyl (C=O) groups is 2. The molecule has 2 heterocycles. The molecular formula is C27H28N6O2. The molecule has 8 nitrogen and oxygen atoms in total. The average Bonchev–Trinajstić information content (AvgIpc) is 3.30. The minimum absolute atomic E-state index is 0.165. The second kappa shape index (κ2) is 10.2. The highest BCUT2D eigenvalue weighted by Crippen LogP contribution is 2.26. The molecule has 0 fully saturated rings. The number of carbonyl (C=O) groups excluding carboxylic acids is 2. The van der Waals surface area contributed by atoms with Gasteiger partial charge in [-0.15, -0.1) is 0 Å². The predicted molar refractivity (Wildman–Crippen MR) is 138 cm³/mol. The summed E-state index contributed by atoms with van der Waals surface area (Å²) < 4.78 is 1.75. The number of rotatable bonds is 7. The van der Waals surface area contributed by atoms with Gasteiger partial charge < -0.3 is 15.5 Å². The van der Waals surface area contributed by atoms with Crippen LogP contribution in [0.5, 0.6) is 0 Å². The highest BCUT2D eigenvalue weighted by atomic mass is 16.2.